The highest BCUT2D eigenvalue weighted by atomic mass is 15.2. The molecule has 0 aromatic heterocycles. The third-order valence-electron chi connectivity index (χ3n) is 4.38. The van der Waals surface area contributed by atoms with Crippen molar-refractivity contribution in [3.63, 3.8) is 0 Å². The first-order valence-electron chi connectivity index (χ1n) is 7.41. The van der Waals surface area contributed by atoms with Gasteiger partial charge in [-0.3, -0.25) is 0 Å². The standard InChI is InChI=1S/C16H24N2/c1-13(14-8-9-14)17-10-12-18-11-4-6-15-5-2-3-7-16(15)18/h2-3,5,7,13-14,17H,4,6,8-12H2,1H3. The molecule has 1 aromatic rings. The Labute approximate surface area is 110 Å². The molecular formula is C16H24N2. The van der Waals surface area contributed by atoms with E-state index in [1.807, 2.05) is 0 Å². The van der Waals surface area contributed by atoms with Gasteiger partial charge in [-0.2, -0.15) is 0 Å². The lowest BCUT2D eigenvalue weighted by atomic mass is 10.0. The number of hydrogen-bond donors (Lipinski definition) is 1. The minimum atomic E-state index is 0.713. The molecule has 2 aliphatic rings. The number of fused-ring (bicyclic) bond motifs is 1. The van der Waals surface area contributed by atoms with Crippen molar-refractivity contribution >= 4 is 5.69 Å². The number of rotatable bonds is 5. The van der Waals surface area contributed by atoms with Gasteiger partial charge in [-0.1, -0.05) is 18.2 Å². The second kappa shape index (κ2) is 5.31. The zero-order valence-corrected chi connectivity index (χ0v) is 11.4. The number of hydrogen-bond acceptors (Lipinski definition) is 2. The maximum atomic E-state index is 3.68. The van der Waals surface area contributed by atoms with Gasteiger partial charge in [0.05, 0.1) is 0 Å². The Kier molecular flexibility index (Phi) is 3.55. The lowest BCUT2D eigenvalue weighted by molar-refractivity contribution is 0.495. The molecule has 1 saturated carbocycles. The molecule has 1 atom stereocenters. The average Bonchev–Trinajstić information content (AvgIpc) is 3.23. The quantitative estimate of drug-likeness (QED) is 0.857. The average molecular weight is 244 g/mol. The summed E-state index contributed by atoms with van der Waals surface area (Å²) in [6.07, 6.45) is 5.41. The molecule has 1 unspecified atom stereocenters. The summed E-state index contributed by atoms with van der Waals surface area (Å²) >= 11 is 0. The molecule has 0 bridgehead atoms. The van der Waals surface area contributed by atoms with Gasteiger partial charge in [0, 0.05) is 31.4 Å². The SMILES string of the molecule is CC(NCCN1CCCc2ccccc21)C1CC1. The van der Waals surface area contributed by atoms with Crippen LogP contribution in [0.15, 0.2) is 24.3 Å². The molecule has 18 heavy (non-hydrogen) atoms. The lowest BCUT2D eigenvalue weighted by Crippen LogP contribution is -2.39. The summed E-state index contributed by atoms with van der Waals surface area (Å²) in [5, 5.41) is 3.68. The second-order valence-electron chi connectivity index (χ2n) is 5.80. The Morgan fingerprint density at radius 2 is 2.17 bits per heavy atom. The molecule has 0 amide bonds. The number of anilines is 1. The molecule has 0 spiro atoms. The number of nitrogens with zero attached hydrogens (tertiary/aromatic N) is 1. The molecule has 1 fully saturated rings. The maximum absolute atomic E-state index is 3.68. The lowest BCUT2D eigenvalue weighted by Gasteiger charge is -2.31. The van der Waals surface area contributed by atoms with Crippen LogP contribution in [0.5, 0.6) is 0 Å². The summed E-state index contributed by atoms with van der Waals surface area (Å²) in [5.41, 5.74) is 2.99. The predicted octanol–water partition coefficient (Wildman–Crippen LogP) is 2.83. The molecule has 1 N–H and O–H groups in total. The van der Waals surface area contributed by atoms with Gasteiger partial charge in [-0.05, 0) is 50.2 Å². The van der Waals surface area contributed by atoms with Crippen molar-refractivity contribution in [1.29, 1.82) is 0 Å². The van der Waals surface area contributed by atoms with Gasteiger partial charge < -0.3 is 10.2 Å². The highest BCUT2D eigenvalue weighted by Gasteiger charge is 2.27. The van der Waals surface area contributed by atoms with Gasteiger partial charge in [0.15, 0.2) is 0 Å². The van der Waals surface area contributed by atoms with E-state index in [1.54, 1.807) is 0 Å². The van der Waals surface area contributed by atoms with Crippen LogP contribution in [-0.2, 0) is 6.42 Å². The third-order valence-corrected chi connectivity index (χ3v) is 4.38. The summed E-state index contributed by atoms with van der Waals surface area (Å²) in [5.74, 6) is 0.957. The van der Waals surface area contributed by atoms with E-state index in [2.05, 4.69) is 41.4 Å². The molecule has 2 nitrogen and oxygen atoms in total. The fourth-order valence-electron chi connectivity index (χ4n) is 3.03. The van der Waals surface area contributed by atoms with Crippen LogP contribution in [0.1, 0.15) is 31.7 Å². The maximum Gasteiger partial charge on any atom is 0.0399 e. The smallest absolute Gasteiger partial charge is 0.0399 e. The van der Waals surface area contributed by atoms with Gasteiger partial charge in [-0.15, -0.1) is 0 Å². The van der Waals surface area contributed by atoms with E-state index in [9.17, 15) is 0 Å². The molecule has 1 heterocycles. The summed E-state index contributed by atoms with van der Waals surface area (Å²) in [7, 11) is 0. The molecular weight excluding hydrogens is 220 g/mol. The fourth-order valence-corrected chi connectivity index (χ4v) is 3.03. The molecule has 3 rings (SSSR count). The number of nitrogens with one attached hydrogen (secondary N) is 1. The zero-order chi connectivity index (χ0) is 12.4. The first kappa shape index (κ1) is 12.0. The molecule has 1 aromatic carbocycles. The van der Waals surface area contributed by atoms with Crippen molar-refractivity contribution in [2.45, 2.75) is 38.6 Å². The summed E-state index contributed by atoms with van der Waals surface area (Å²) < 4.78 is 0. The fraction of sp³-hybridized carbons (Fsp3) is 0.625. The van der Waals surface area contributed by atoms with E-state index in [1.165, 1.54) is 43.5 Å². The van der Waals surface area contributed by atoms with Crippen molar-refractivity contribution in [3.8, 4) is 0 Å². The topological polar surface area (TPSA) is 15.3 Å². The minimum Gasteiger partial charge on any atom is -0.370 e. The number of aryl methyl sites for hydroxylation is 1. The zero-order valence-electron chi connectivity index (χ0n) is 11.4. The first-order chi connectivity index (χ1) is 8.84. The molecule has 0 saturated heterocycles. The van der Waals surface area contributed by atoms with Crippen molar-refractivity contribution in [2.75, 3.05) is 24.5 Å². The highest BCUT2D eigenvalue weighted by molar-refractivity contribution is 5.55. The Morgan fingerprint density at radius 1 is 1.33 bits per heavy atom. The van der Waals surface area contributed by atoms with Gasteiger partial charge in [-0.25, -0.2) is 0 Å². The number of para-hydroxylation sites is 1. The molecule has 1 aliphatic heterocycles. The van der Waals surface area contributed by atoms with Crippen LogP contribution in [0.25, 0.3) is 0 Å². The van der Waals surface area contributed by atoms with E-state index in [4.69, 9.17) is 0 Å². The van der Waals surface area contributed by atoms with Crippen LogP contribution in [-0.4, -0.2) is 25.7 Å². The van der Waals surface area contributed by atoms with Crippen LogP contribution < -0.4 is 10.2 Å². The normalized spacial score (nSPS) is 20.6. The van der Waals surface area contributed by atoms with E-state index < -0.39 is 0 Å². The van der Waals surface area contributed by atoms with Crippen molar-refractivity contribution < 1.29 is 0 Å². The number of benzene rings is 1. The summed E-state index contributed by atoms with van der Waals surface area (Å²) in [6.45, 7) is 5.82. The highest BCUT2D eigenvalue weighted by Crippen LogP contribution is 2.32. The summed E-state index contributed by atoms with van der Waals surface area (Å²) in [4.78, 5) is 2.55. The van der Waals surface area contributed by atoms with E-state index in [-0.39, 0.29) is 0 Å². The van der Waals surface area contributed by atoms with Gasteiger partial charge >= 0.3 is 0 Å². The largest absolute Gasteiger partial charge is 0.370 e. The van der Waals surface area contributed by atoms with Gasteiger partial charge in [0.1, 0.15) is 0 Å². The molecule has 1 aliphatic carbocycles. The van der Waals surface area contributed by atoms with Crippen molar-refractivity contribution in [3.05, 3.63) is 29.8 Å². The van der Waals surface area contributed by atoms with Crippen LogP contribution in [0.2, 0.25) is 0 Å². The van der Waals surface area contributed by atoms with Crippen LogP contribution in [0.3, 0.4) is 0 Å². The Morgan fingerprint density at radius 3 is 3.00 bits per heavy atom. The van der Waals surface area contributed by atoms with Crippen LogP contribution in [0.4, 0.5) is 5.69 Å². The van der Waals surface area contributed by atoms with Crippen LogP contribution >= 0.6 is 0 Å². The van der Waals surface area contributed by atoms with E-state index in [0.29, 0.717) is 6.04 Å². The minimum absolute atomic E-state index is 0.713. The first-order valence-corrected chi connectivity index (χ1v) is 7.41. The Bertz CT molecular complexity index is 398. The Balaban J connectivity index is 1.53. The molecule has 98 valence electrons. The van der Waals surface area contributed by atoms with Crippen LogP contribution in [0, 0.1) is 5.92 Å². The molecule has 2 heteroatoms. The van der Waals surface area contributed by atoms with Crippen molar-refractivity contribution in [2.24, 2.45) is 5.92 Å². The van der Waals surface area contributed by atoms with Gasteiger partial charge in [0.2, 0.25) is 0 Å². The van der Waals surface area contributed by atoms with Gasteiger partial charge in [0.25, 0.3) is 0 Å². The Hall–Kier alpha value is -1.02. The van der Waals surface area contributed by atoms with Crippen molar-refractivity contribution in [1.82, 2.24) is 5.32 Å². The third kappa shape index (κ3) is 2.69. The van der Waals surface area contributed by atoms with E-state index >= 15 is 0 Å². The van der Waals surface area contributed by atoms with E-state index in [0.717, 1.165) is 19.0 Å². The summed E-state index contributed by atoms with van der Waals surface area (Å²) in [6, 6.07) is 9.60. The second-order valence-corrected chi connectivity index (χ2v) is 5.80. The monoisotopic (exact) mass is 244 g/mol. The predicted molar refractivity (Wildman–Crippen MR) is 77.2 cm³/mol. The molecule has 0 radical (unpaired) electrons.